The molecule has 1 fully saturated rings. The van der Waals surface area contributed by atoms with E-state index in [0.29, 0.717) is 13.0 Å². The van der Waals surface area contributed by atoms with Gasteiger partial charge < -0.3 is 34.3 Å². The van der Waals surface area contributed by atoms with Gasteiger partial charge in [0.25, 0.3) is 0 Å². The maximum atomic E-state index is 12.5. The Morgan fingerprint density at radius 2 is 1.26 bits per heavy atom. The van der Waals surface area contributed by atoms with Crippen LogP contribution in [0.4, 0.5) is 0 Å². The first-order valence-corrected chi connectivity index (χ1v) is 20.8. The second-order valence-electron chi connectivity index (χ2n) is 13.5. The molecule has 0 amide bonds. The monoisotopic (exact) mass is 738 g/mol. The molecule has 6 atom stereocenters. The summed E-state index contributed by atoms with van der Waals surface area (Å²) < 4.78 is 58.4. The van der Waals surface area contributed by atoms with Crippen LogP contribution in [-0.2, 0) is 38.3 Å². The molecule has 1 aliphatic rings. The molecule has 0 bridgehead atoms. The quantitative estimate of drug-likeness (QED) is 0.0242. The molecule has 0 aromatic rings. The molecule has 0 aromatic carbocycles. The van der Waals surface area contributed by atoms with E-state index in [0.717, 1.165) is 38.5 Å². The summed E-state index contributed by atoms with van der Waals surface area (Å²) in [6, 6.07) is 0. The number of unbranched alkanes of at least 4 members (excludes halogenated alkanes) is 18. The van der Waals surface area contributed by atoms with Crippen molar-refractivity contribution in [3.63, 3.8) is 0 Å². The standard InChI is InChI=1S/C37H70O12S/c1-3-5-7-9-10-11-12-13-14-15-16-17-18-19-20-21-22-23-25-27-45-29-31(47-33(39)26-24-8-6-4-2)30-46-37-35(41)36(49-50(42,43)44)34(40)32(28-38)48-37/h14-15,31-32,34-38,40-41H,3-13,16-30H2,1-2H3,(H,42,43,44)/b15-14-. The molecule has 13 heteroatoms. The first-order valence-electron chi connectivity index (χ1n) is 19.4. The highest BCUT2D eigenvalue weighted by Crippen LogP contribution is 2.26. The van der Waals surface area contributed by atoms with Gasteiger partial charge >= 0.3 is 16.4 Å². The molecule has 0 saturated carbocycles. The first kappa shape index (κ1) is 46.9. The molecule has 4 N–H and O–H groups in total. The Kier molecular flexibility index (Phi) is 28.4. The van der Waals surface area contributed by atoms with Crippen LogP contribution in [0.1, 0.15) is 155 Å². The van der Waals surface area contributed by atoms with Crippen LogP contribution < -0.4 is 0 Å². The topological polar surface area (TPSA) is 178 Å². The Labute approximate surface area is 302 Å². The Morgan fingerprint density at radius 3 is 1.80 bits per heavy atom. The van der Waals surface area contributed by atoms with Crippen molar-refractivity contribution >= 4 is 16.4 Å². The number of ether oxygens (including phenoxy) is 4. The number of carbonyl (C=O) groups is 1. The highest BCUT2D eigenvalue weighted by atomic mass is 32.3. The van der Waals surface area contributed by atoms with Crippen LogP contribution in [0.5, 0.6) is 0 Å². The number of rotatable bonds is 33. The third-order valence-corrected chi connectivity index (χ3v) is 9.35. The SMILES string of the molecule is CCCCCCCCC/C=C\CCCCCCCCCCOCC(COC1OC(CO)C(O)C(OS(=O)(=O)O)C1O)OC(=O)CCCCCC. The fourth-order valence-electron chi connectivity index (χ4n) is 5.90. The third kappa shape index (κ3) is 24.2. The van der Waals surface area contributed by atoms with Crippen LogP contribution >= 0.6 is 0 Å². The number of aliphatic hydroxyl groups is 3. The minimum absolute atomic E-state index is 0.0357. The average molecular weight is 739 g/mol. The molecule has 1 saturated heterocycles. The molecule has 1 heterocycles. The zero-order valence-corrected chi connectivity index (χ0v) is 31.8. The molecule has 6 unspecified atom stereocenters. The van der Waals surface area contributed by atoms with Crippen molar-refractivity contribution in [2.45, 2.75) is 192 Å². The van der Waals surface area contributed by atoms with Gasteiger partial charge in [0.15, 0.2) is 6.29 Å². The fourth-order valence-corrected chi connectivity index (χ4v) is 6.41. The van der Waals surface area contributed by atoms with E-state index < -0.39 is 59.8 Å². The second-order valence-corrected chi connectivity index (χ2v) is 14.6. The van der Waals surface area contributed by atoms with Crippen molar-refractivity contribution in [2.24, 2.45) is 0 Å². The number of esters is 1. The summed E-state index contributed by atoms with van der Waals surface area (Å²) in [6.07, 6.45) is 20.5. The Bertz CT molecular complexity index is 947. The lowest BCUT2D eigenvalue weighted by molar-refractivity contribution is -0.301. The van der Waals surface area contributed by atoms with E-state index >= 15 is 0 Å². The maximum absolute atomic E-state index is 12.5. The second kappa shape index (κ2) is 30.3. The van der Waals surface area contributed by atoms with Crippen LogP contribution in [0.25, 0.3) is 0 Å². The number of aliphatic hydroxyl groups excluding tert-OH is 3. The summed E-state index contributed by atoms with van der Waals surface area (Å²) in [5, 5.41) is 30.4. The van der Waals surface area contributed by atoms with Gasteiger partial charge in [0.1, 0.15) is 30.5 Å². The van der Waals surface area contributed by atoms with Crippen molar-refractivity contribution in [1.82, 2.24) is 0 Å². The summed E-state index contributed by atoms with van der Waals surface area (Å²) in [7, 11) is -5.05. The van der Waals surface area contributed by atoms with E-state index in [2.05, 4.69) is 30.2 Å². The van der Waals surface area contributed by atoms with Crippen LogP contribution in [0, 0.1) is 0 Å². The van der Waals surface area contributed by atoms with Gasteiger partial charge in [0.05, 0.1) is 19.8 Å². The predicted molar refractivity (Wildman–Crippen MR) is 193 cm³/mol. The lowest BCUT2D eigenvalue weighted by atomic mass is 9.99. The zero-order valence-electron chi connectivity index (χ0n) is 31.0. The lowest BCUT2D eigenvalue weighted by Crippen LogP contribution is -2.60. The van der Waals surface area contributed by atoms with E-state index in [-0.39, 0.29) is 19.6 Å². The third-order valence-electron chi connectivity index (χ3n) is 8.89. The van der Waals surface area contributed by atoms with Crippen LogP contribution in [0.2, 0.25) is 0 Å². The average Bonchev–Trinajstić information content (AvgIpc) is 3.08. The number of hydrogen-bond acceptors (Lipinski definition) is 11. The molecule has 0 spiro atoms. The number of hydrogen-bond donors (Lipinski definition) is 4. The Morgan fingerprint density at radius 1 is 0.740 bits per heavy atom. The van der Waals surface area contributed by atoms with Crippen molar-refractivity contribution in [1.29, 1.82) is 0 Å². The molecule has 296 valence electrons. The van der Waals surface area contributed by atoms with Gasteiger partial charge in [-0.25, -0.2) is 4.18 Å². The fraction of sp³-hybridized carbons (Fsp3) is 0.919. The molecular formula is C37H70O12S. The summed E-state index contributed by atoms with van der Waals surface area (Å²) in [5.74, 6) is -0.417. The lowest BCUT2D eigenvalue weighted by Gasteiger charge is -2.41. The maximum Gasteiger partial charge on any atom is 0.397 e. The molecule has 1 rings (SSSR count). The van der Waals surface area contributed by atoms with Gasteiger partial charge in [0, 0.05) is 13.0 Å². The summed E-state index contributed by atoms with van der Waals surface area (Å²) in [4.78, 5) is 12.5. The van der Waals surface area contributed by atoms with Gasteiger partial charge in [0.2, 0.25) is 0 Å². The first-order chi connectivity index (χ1) is 24.1. The molecule has 0 aliphatic carbocycles. The zero-order chi connectivity index (χ0) is 36.9. The smallest absolute Gasteiger partial charge is 0.397 e. The molecule has 0 radical (unpaired) electrons. The molecular weight excluding hydrogens is 668 g/mol. The number of allylic oxidation sites excluding steroid dienone is 2. The molecule has 0 aromatic heterocycles. The van der Waals surface area contributed by atoms with E-state index in [4.69, 9.17) is 23.5 Å². The van der Waals surface area contributed by atoms with Gasteiger partial charge in [-0.2, -0.15) is 8.42 Å². The summed E-state index contributed by atoms with van der Waals surface area (Å²) >= 11 is 0. The van der Waals surface area contributed by atoms with Crippen molar-refractivity contribution in [2.75, 3.05) is 26.4 Å². The van der Waals surface area contributed by atoms with Crippen molar-refractivity contribution in [3.05, 3.63) is 12.2 Å². The minimum atomic E-state index is -5.05. The minimum Gasteiger partial charge on any atom is -0.457 e. The van der Waals surface area contributed by atoms with E-state index in [1.54, 1.807) is 0 Å². The largest absolute Gasteiger partial charge is 0.457 e. The highest BCUT2D eigenvalue weighted by molar-refractivity contribution is 7.80. The number of carbonyl (C=O) groups excluding carboxylic acids is 1. The van der Waals surface area contributed by atoms with Crippen molar-refractivity contribution < 1.29 is 56.2 Å². The Hall–Kier alpha value is -1.16. The molecule has 1 aliphatic heterocycles. The van der Waals surface area contributed by atoms with Crippen molar-refractivity contribution in [3.8, 4) is 0 Å². The normalized spacial score (nSPS) is 21.9. The Balaban J connectivity index is 2.32. The van der Waals surface area contributed by atoms with Gasteiger partial charge in [-0.15, -0.1) is 0 Å². The van der Waals surface area contributed by atoms with Gasteiger partial charge in [-0.05, 0) is 38.5 Å². The summed E-state index contributed by atoms with van der Waals surface area (Å²) in [5.41, 5.74) is 0. The molecule has 50 heavy (non-hydrogen) atoms. The van der Waals surface area contributed by atoms with Crippen LogP contribution in [0.15, 0.2) is 12.2 Å². The predicted octanol–water partition coefficient (Wildman–Crippen LogP) is 6.74. The highest BCUT2D eigenvalue weighted by Gasteiger charge is 2.48. The summed E-state index contributed by atoms with van der Waals surface area (Å²) in [6.45, 7) is 3.83. The van der Waals surface area contributed by atoms with Gasteiger partial charge in [-0.3, -0.25) is 9.35 Å². The van der Waals surface area contributed by atoms with Crippen LogP contribution in [-0.4, -0.2) is 97.5 Å². The van der Waals surface area contributed by atoms with E-state index in [1.807, 2.05) is 0 Å². The van der Waals surface area contributed by atoms with E-state index in [1.165, 1.54) is 89.9 Å². The van der Waals surface area contributed by atoms with E-state index in [9.17, 15) is 28.5 Å². The van der Waals surface area contributed by atoms with Gasteiger partial charge in [-0.1, -0.05) is 122 Å². The molecule has 12 nitrogen and oxygen atoms in total. The van der Waals surface area contributed by atoms with Crippen LogP contribution in [0.3, 0.4) is 0 Å².